The summed E-state index contributed by atoms with van der Waals surface area (Å²) in [5.41, 5.74) is -0.0433. The van der Waals surface area contributed by atoms with Crippen molar-refractivity contribution in [2.24, 2.45) is 5.41 Å². The molecule has 1 saturated heterocycles. The molecule has 0 unspecified atom stereocenters. The summed E-state index contributed by atoms with van der Waals surface area (Å²) in [4.78, 5) is 29.1. The molecule has 1 aromatic rings. The first kappa shape index (κ1) is 15.9. The molecule has 0 bridgehead atoms. The van der Waals surface area contributed by atoms with Gasteiger partial charge in [-0.05, 0) is 37.6 Å². The van der Waals surface area contributed by atoms with Crippen molar-refractivity contribution in [2.75, 3.05) is 33.2 Å². The van der Waals surface area contributed by atoms with Gasteiger partial charge < -0.3 is 15.1 Å². The van der Waals surface area contributed by atoms with Gasteiger partial charge in [-0.15, -0.1) is 0 Å². The number of benzene rings is 1. The molecule has 2 amide bonds. The molecule has 1 heterocycles. The Bertz CT molecular complexity index is 590. The number of carbonyl (C=O) groups excluding carboxylic acids is 2. The zero-order valence-corrected chi connectivity index (χ0v) is 13.3. The molecule has 0 atom stereocenters. The van der Waals surface area contributed by atoms with Crippen LogP contribution >= 0.6 is 0 Å². The van der Waals surface area contributed by atoms with Crippen LogP contribution in [0.3, 0.4) is 0 Å². The lowest BCUT2D eigenvalue weighted by Gasteiger charge is -2.34. The minimum atomic E-state index is -0.865. The van der Waals surface area contributed by atoms with Crippen molar-refractivity contribution in [1.29, 1.82) is 0 Å². The fourth-order valence-electron chi connectivity index (χ4n) is 2.93. The van der Waals surface area contributed by atoms with E-state index in [1.54, 1.807) is 12.1 Å². The van der Waals surface area contributed by atoms with Crippen molar-refractivity contribution < 1.29 is 14.0 Å². The Hall–Kier alpha value is -1.95. The Labute approximate surface area is 135 Å². The van der Waals surface area contributed by atoms with Gasteiger partial charge in [0.15, 0.2) is 0 Å². The highest BCUT2D eigenvalue weighted by atomic mass is 19.1. The second-order valence-corrected chi connectivity index (χ2v) is 6.49. The molecule has 2 aliphatic rings. The summed E-state index contributed by atoms with van der Waals surface area (Å²) in [5.74, 6) is -0.544. The van der Waals surface area contributed by atoms with Gasteiger partial charge in [0.05, 0.1) is 0 Å². The van der Waals surface area contributed by atoms with Crippen molar-refractivity contribution >= 4 is 11.8 Å². The molecular weight excluding hydrogens is 297 g/mol. The van der Waals surface area contributed by atoms with Crippen LogP contribution in [0.4, 0.5) is 4.39 Å². The van der Waals surface area contributed by atoms with Crippen LogP contribution < -0.4 is 5.32 Å². The van der Waals surface area contributed by atoms with Crippen molar-refractivity contribution in [3.63, 3.8) is 0 Å². The maximum Gasteiger partial charge on any atom is 0.238 e. The minimum Gasteiger partial charge on any atom is -0.351 e. The van der Waals surface area contributed by atoms with Gasteiger partial charge in [0.2, 0.25) is 11.8 Å². The second kappa shape index (κ2) is 6.28. The molecule has 1 saturated carbocycles. The third kappa shape index (κ3) is 3.37. The smallest absolute Gasteiger partial charge is 0.238 e. The molecule has 0 spiro atoms. The Balaban J connectivity index is 1.57. The van der Waals surface area contributed by atoms with Crippen LogP contribution in [0, 0.1) is 11.2 Å². The number of nitrogens with zero attached hydrogens (tertiary/aromatic N) is 2. The first-order chi connectivity index (χ1) is 11.0. The molecule has 2 fully saturated rings. The number of rotatable bonds is 4. The average molecular weight is 319 g/mol. The van der Waals surface area contributed by atoms with Gasteiger partial charge in [-0.25, -0.2) is 4.39 Å². The molecule has 0 radical (unpaired) electrons. The molecule has 1 aliphatic carbocycles. The van der Waals surface area contributed by atoms with E-state index in [-0.39, 0.29) is 17.6 Å². The number of nitrogens with one attached hydrogen (secondary N) is 1. The summed E-state index contributed by atoms with van der Waals surface area (Å²) >= 11 is 0. The van der Waals surface area contributed by atoms with Crippen LogP contribution in [0.2, 0.25) is 0 Å². The third-order valence-electron chi connectivity index (χ3n) is 4.75. The summed E-state index contributed by atoms with van der Waals surface area (Å²) in [7, 11) is 2.03. The number of amides is 2. The number of hydrogen-bond donors (Lipinski definition) is 1. The molecule has 124 valence electrons. The van der Waals surface area contributed by atoms with E-state index in [9.17, 15) is 14.0 Å². The molecule has 1 N–H and O–H groups in total. The average Bonchev–Trinajstić information content (AvgIpc) is 3.36. The molecule has 3 rings (SSSR count). The van der Waals surface area contributed by atoms with Gasteiger partial charge in [0.1, 0.15) is 11.2 Å². The summed E-state index contributed by atoms with van der Waals surface area (Å²) < 4.78 is 12.9. The van der Waals surface area contributed by atoms with Crippen LogP contribution in [0.1, 0.15) is 18.4 Å². The van der Waals surface area contributed by atoms with E-state index in [4.69, 9.17) is 0 Å². The lowest BCUT2D eigenvalue weighted by atomic mass is 10.0. The van der Waals surface area contributed by atoms with Gasteiger partial charge in [-0.2, -0.15) is 0 Å². The molecule has 6 heteroatoms. The van der Waals surface area contributed by atoms with Crippen LogP contribution in [-0.2, 0) is 16.1 Å². The van der Waals surface area contributed by atoms with Gasteiger partial charge in [0.25, 0.3) is 0 Å². The summed E-state index contributed by atoms with van der Waals surface area (Å²) in [6, 6.07) is 6.00. The first-order valence-corrected chi connectivity index (χ1v) is 8.02. The molecule has 1 aromatic carbocycles. The third-order valence-corrected chi connectivity index (χ3v) is 4.75. The number of hydrogen-bond acceptors (Lipinski definition) is 3. The van der Waals surface area contributed by atoms with E-state index in [2.05, 4.69) is 10.2 Å². The topological polar surface area (TPSA) is 52.7 Å². The predicted octanol–water partition coefficient (Wildman–Crippen LogP) is 0.996. The lowest BCUT2D eigenvalue weighted by molar-refractivity contribution is -0.145. The van der Waals surface area contributed by atoms with E-state index < -0.39 is 5.41 Å². The standard InChI is InChI=1S/C17H22FN3O2/c1-20-8-10-21(11-9-20)16(23)17(6-7-17)15(22)19-12-13-2-4-14(18)5-3-13/h2-5H,6-12H2,1H3,(H,19,22). The number of carbonyl (C=O) groups is 2. The maximum absolute atomic E-state index is 12.9. The van der Waals surface area contributed by atoms with Gasteiger partial charge in [-0.3, -0.25) is 9.59 Å². The van der Waals surface area contributed by atoms with Crippen molar-refractivity contribution in [1.82, 2.24) is 15.1 Å². The second-order valence-electron chi connectivity index (χ2n) is 6.49. The zero-order valence-electron chi connectivity index (χ0n) is 13.3. The molecule has 0 aromatic heterocycles. The maximum atomic E-state index is 12.9. The number of likely N-dealkylation sites (N-methyl/N-ethyl adjacent to an activating group) is 1. The summed E-state index contributed by atoms with van der Waals surface area (Å²) in [6.45, 7) is 3.37. The largest absolute Gasteiger partial charge is 0.351 e. The normalized spacial score (nSPS) is 20.2. The molecule has 23 heavy (non-hydrogen) atoms. The van der Waals surface area contributed by atoms with Crippen molar-refractivity contribution in [3.05, 3.63) is 35.6 Å². The molecule has 1 aliphatic heterocycles. The van der Waals surface area contributed by atoms with Crippen LogP contribution in [0.15, 0.2) is 24.3 Å². The Kier molecular flexibility index (Phi) is 4.35. The predicted molar refractivity (Wildman–Crippen MR) is 84.0 cm³/mol. The monoisotopic (exact) mass is 319 g/mol. The number of piperazine rings is 1. The highest BCUT2D eigenvalue weighted by Gasteiger charge is 2.57. The Morgan fingerprint density at radius 1 is 1.13 bits per heavy atom. The fourth-order valence-corrected chi connectivity index (χ4v) is 2.93. The van der Waals surface area contributed by atoms with Crippen LogP contribution in [0.25, 0.3) is 0 Å². The van der Waals surface area contributed by atoms with Crippen molar-refractivity contribution in [3.8, 4) is 0 Å². The Morgan fingerprint density at radius 2 is 1.74 bits per heavy atom. The first-order valence-electron chi connectivity index (χ1n) is 8.02. The Morgan fingerprint density at radius 3 is 2.30 bits per heavy atom. The highest BCUT2D eigenvalue weighted by Crippen LogP contribution is 2.47. The lowest BCUT2D eigenvalue weighted by Crippen LogP contribution is -2.52. The number of halogens is 1. The molecular formula is C17H22FN3O2. The van der Waals surface area contributed by atoms with Gasteiger partial charge in [-0.1, -0.05) is 12.1 Å². The van der Waals surface area contributed by atoms with E-state index in [0.717, 1.165) is 18.7 Å². The van der Waals surface area contributed by atoms with E-state index in [1.807, 2.05) is 11.9 Å². The van der Waals surface area contributed by atoms with Crippen LogP contribution in [0.5, 0.6) is 0 Å². The summed E-state index contributed by atoms with van der Waals surface area (Å²) in [5, 5.41) is 2.83. The van der Waals surface area contributed by atoms with E-state index >= 15 is 0 Å². The van der Waals surface area contributed by atoms with Gasteiger partial charge >= 0.3 is 0 Å². The molecule has 5 nitrogen and oxygen atoms in total. The highest BCUT2D eigenvalue weighted by molar-refractivity contribution is 6.07. The van der Waals surface area contributed by atoms with E-state index in [0.29, 0.717) is 32.5 Å². The quantitative estimate of drug-likeness (QED) is 0.842. The SMILES string of the molecule is CN1CCN(C(=O)C2(C(=O)NCc3ccc(F)cc3)CC2)CC1. The van der Waals surface area contributed by atoms with E-state index in [1.165, 1.54) is 12.1 Å². The van der Waals surface area contributed by atoms with Gasteiger partial charge in [0, 0.05) is 32.7 Å². The minimum absolute atomic E-state index is 0.0396. The van der Waals surface area contributed by atoms with Crippen molar-refractivity contribution in [2.45, 2.75) is 19.4 Å². The summed E-state index contributed by atoms with van der Waals surface area (Å²) in [6.07, 6.45) is 1.24. The zero-order chi connectivity index (χ0) is 16.4. The van der Waals surface area contributed by atoms with Crippen LogP contribution in [-0.4, -0.2) is 54.8 Å². The fraction of sp³-hybridized carbons (Fsp3) is 0.529.